The molecule has 3 nitrogen and oxygen atoms in total. The van der Waals surface area contributed by atoms with Gasteiger partial charge in [0.2, 0.25) is 0 Å². The van der Waals surface area contributed by atoms with Crippen LogP contribution in [0.4, 0.5) is 0 Å². The highest BCUT2D eigenvalue weighted by Gasteiger charge is 2.29. The van der Waals surface area contributed by atoms with E-state index in [2.05, 4.69) is 134 Å². The first-order valence-corrected chi connectivity index (χ1v) is 19.3. The van der Waals surface area contributed by atoms with E-state index in [1.54, 1.807) is 6.08 Å². The third kappa shape index (κ3) is 13.5. The number of aryl methyl sites for hydroxylation is 2. The van der Waals surface area contributed by atoms with Crippen molar-refractivity contribution in [1.82, 2.24) is 0 Å². The van der Waals surface area contributed by atoms with Gasteiger partial charge < -0.3 is 9.47 Å². The number of carbonyl (C=O) groups is 1. The van der Waals surface area contributed by atoms with Crippen LogP contribution in [-0.4, -0.2) is 24.1 Å². The van der Waals surface area contributed by atoms with E-state index in [1.165, 1.54) is 27.8 Å². The van der Waals surface area contributed by atoms with Crippen molar-refractivity contribution in [2.75, 3.05) is 18.1 Å². The Morgan fingerprint density at radius 2 is 1.14 bits per heavy atom. The number of allylic oxidation sites excluding steroid dienone is 2. The molecule has 0 bridgehead atoms. The van der Waals surface area contributed by atoms with Crippen molar-refractivity contribution in [1.29, 1.82) is 0 Å². The van der Waals surface area contributed by atoms with Gasteiger partial charge in [-0.1, -0.05) is 133 Å². The molecule has 0 aromatic heterocycles. The summed E-state index contributed by atoms with van der Waals surface area (Å²) in [5.41, 5.74) is 10.4. The van der Waals surface area contributed by atoms with E-state index in [-0.39, 0.29) is 27.6 Å². The lowest BCUT2D eigenvalue weighted by Gasteiger charge is -2.30. The highest BCUT2D eigenvalue weighted by molar-refractivity contribution is 7.99. The molecule has 0 heterocycles. The molecule has 49 heavy (non-hydrogen) atoms. The van der Waals surface area contributed by atoms with Gasteiger partial charge >= 0.3 is 5.97 Å². The minimum Gasteiger partial charge on any atom is -0.465 e. The normalized spacial score (nSPS) is 12.5. The second kappa shape index (κ2) is 17.5. The predicted octanol–water partition coefficient (Wildman–Crippen LogP) is 12.4. The maximum Gasteiger partial charge on any atom is 0.306 e. The van der Waals surface area contributed by atoms with Crippen molar-refractivity contribution in [3.8, 4) is 5.75 Å². The molecule has 0 fully saturated rings. The first-order chi connectivity index (χ1) is 22.4. The topological polar surface area (TPSA) is 35.5 Å². The van der Waals surface area contributed by atoms with Crippen LogP contribution in [0.25, 0.3) is 0 Å². The summed E-state index contributed by atoms with van der Waals surface area (Å²) in [6.45, 7) is 41.9. The fourth-order valence-corrected chi connectivity index (χ4v) is 6.97. The van der Waals surface area contributed by atoms with Crippen LogP contribution in [0, 0.1) is 6.92 Å². The van der Waals surface area contributed by atoms with Crippen molar-refractivity contribution in [3.05, 3.63) is 100 Å². The zero-order chi connectivity index (χ0) is 37.4. The van der Waals surface area contributed by atoms with Crippen LogP contribution < -0.4 is 4.74 Å². The van der Waals surface area contributed by atoms with E-state index in [0.717, 1.165) is 59.6 Å². The Hall–Kier alpha value is -2.72. The third-order valence-corrected chi connectivity index (χ3v) is 10.0. The monoisotopic (exact) mass is 688 g/mol. The Morgan fingerprint density at radius 1 is 0.694 bits per heavy atom. The Kier molecular flexibility index (Phi) is 15.1. The number of rotatable bonds is 16. The number of carbonyl (C=O) groups excluding carboxylic acids is 1. The average molecular weight is 689 g/mol. The number of thioether (sulfide) groups is 1. The highest BCUT2D eigenvalue weighted by atomic mass is 32.2. The Balaban J connectivity index is 1.83. The molecule has 0 spiro atoms. The first kappa shape index (κ1) is 42.4. The Bertz CT molecular complexity index is 1390. The van der Waals surface area contributed by atoms with Crippen LogP contribution in [0.3, 0.4) is 0 Å². The molecular weight excluding hydrogens is 621 g/mol. The fourth-order valence-electron chi connectivity index (χ4n) is 6.21. The lowest BCUT2D eigenvalue weighted by atomic mass is 9.75. The molecule has 0 saturated heterocycles. The van der Waals surface area contributed by atoms with Crippen molar-refractivity contribution in [2.45, 2.75) is 150 Å². The summed E-state index contributed by atoms with van der Waals surface area (Å²) >= 11 is 1.85. The molecule has 0 atom stereocenters. The van der Waals surface area contributed by atoms with Gasteiger partial charge in [-0.25, -0.2) is 0 Å². The smallest absolute Gasteiger partial charge is 0.306 e. The molecule has 0 amide bonds. The van der Waals surface area contributed by atoms with E-state index < -0.39 is 0 Å². The molecule has 2 rings (SSSR count). The van der Waals surface area contributed by atoms with Gasteiger partial charge in [0, 0.05) is 23.3 Å². The second-order valence-corrected chi connectivity index (χ2v) is 19.0. The summed E-state index contributed by atoms with van der Waals surface area (Å²) in [6, 6.07) is 9.19. The molecule has 0 N–H and O–H groups in total. The number of benzene rings is 2. The first-order valence-electron chi connectivity index (χ1n) is 18.2. The number of hydrogen-bond acceptors (Lipinski definition) is 4. The van der Waals surface area contributed by atoms with Crippen molar-refractivity contribution < 1.29 is 14.3 Å². The number of ether oxygens (including phenoxy) is 2. The van der Waals surface area contributed by atoms with Crippen LogP contribution in [-0.2, 0) is 44.0 Å². The third-order valence-electron chi connectivity index (χ3n) is 9.00. The number of hydrogen-bond donors (Lipinski definition) is 0. The minimum atomic E-state index is -0.149. The molecule has 0 aliphatic carbocycles. The largest absolute Gasteiger partial charge is 0.465 e. The van der Waals surface area contributed by atoms with Gasteiger partial charge in [-0.3, -0.25) is 4.79 Å². The summed E-state index contributed by atoms with van der Waals surface area (Å²) in [7, 11) is 0. The van der Waals surface area contributed by atoms with Gasteiger partial charge in [0.25, 0.3) is 0 Å². The zero-order valence-corrected chi connectivity index (χ0v) is 34.3. The molecule has 0 saturated carbocycles. The second-order valence-electron chi connectivity index (χ2n) is 17.8. The molecule has 0 aliphatic rings. The quantitative estimate of drug-likeness (QED) is 0.0578. The average Bonchev–Trinajstić information content (AvgIpc) is 2.96. The van der Waals surface area contributed by atoms with Crippen LogP contribution >= 0.6 is 11.8 Å². The van der Waals surface area contributed by atoms with Crippen molar-refractivity contribution >= 4 is 17.7 Å². The number of esters is 1. The lowest BCUT2D eigenvalue weighted by molar-refractivity contribution is -0.142. The Morgan fingerprint density at radius 3 is 1.59 bits per heavy atom. The standard InChI is InChI=1S/C45H68O3S/c1-17-32(3)48-41-38(44(11,12)13)29-35(30-39(41)45(14,15)16)22-23-40(46)47-24-26-49-25-18-19-31(2)20-21-34-27-36(42(5,6)7)33(4)37(28-34)43(8,9)10/h17,27-30H,1-3,18-26H2,4-16H3. The molecule has 272 valence electrons. The Labute approximate surface area is 305 Å². The summed E-state index contributed by atoms with van der Waals surface area (Å²) in [5.74, 6) is 3.07. The van der Waals surface area contributed by atoms with Crippen molar-refractivity contribution in [3.63, 3.8) is 0 Å². The van der Waals surface area contributed by atoms with Gasteiger partial charge in [0.15, 0.2) is 0 Å². The van der Waals surface area contributed by atoms with Gasteiger partial charge in [-0.05, 0) is 100 Å². The summed E-state index contributed by atoms with van der Waals surface area (Å²) in [4.78, 5) is 12.7. The lowest BCUT2D eigenvalue weighted by Crippen LogP contribution is -2.20. The van der Waals surface area contributed by atoms with E-state index in [0.29, 0.717) is 25.2 Å². The van der Waals surface area contributed by atoms with Gasteiger partial charge in [-0.2, -0.15) is 11.8 Å². The van der Waals surface area contributed by atoms with Crippen LogP contribution in [0.5, 0.6) is 5.75 Å². The fraction of sp³-hybridized carbons (Fsp3) is 0.578. The van der Waals surface area contributed by atoms with Gasteiger partial charge in [-0.15, -0.1) is 0 Å². The van der Waals surface area contributed by atoms with Crippen LogP contribution in [0.15, 0.2) is 61.4 Å². The minimum absolute atomic E-state index is 0.124. The van der Waals surface area contributed by atoms with Crippen LogP contribution in [0.2, 0.25) is 0 Å². The van der Waals surface area contributed by atoms with Gasteiger partial charge in [0.1, 0.15) is 18.1 Å². The van der Waals surface area contributed by atoms with E-state index in [9.17, 15) is 4.79 Å². The molecule has 0 radical (unpaired) electrons. The molecular formula is C45H68O3S. The SMILES string of the molecule is C=CC(=C)Oc1c(C(C)(C)C)cc(CCC(=O)OCCSCCCC(=C)CCc2cc(C(C)(C)C)c(C)c(C(C)(C)C)c2)cc1C(C)(C)C. The predicted molar refractivity (Wildman–Crippen MR) is 216 cm³/mol. The van der Waals surface area contributed by atoms with E-state index in [1.807, 2.05) is 11.8 Å². The summed E-state index contributed by atoms with van der Waals surface area (Å²) in [5, 5.41) is 0. The van der Waals surface area contributed by atoms with Gasteiger partial charge in [0.05, 0.1) is 0 Å². The molecule has 2 aromatic carbocycles. The highest BCUT2D eigenvalue weighted by Crippen LogP contribution is 2.42. The summed E-state index contributed by atoms with van der Waals surface area (Å²) < 4.78 is 11.8. The summed E-state index contributed by atoms with van der Waals surface area (Å²) in [6.07, 6.45) is 6.80. The maximum atomic E-state index is 12.7. The molecule has 0 unspecified atom stereocenters. The van der Waals surface area contributed by atoms with Crippen molar-refractivity contribution in [2.24, 2.45) is 0 Å². The molecule has 0 aliphatic heterocycles. The van der Waals surface area contributed by atoms with E-state index in [4.69, 9.17) is 9.47 Å². The maximum absolute atomic E-state index is 12.7. The van der Waals surface area contributed by atoms with E-state index >= 15 is 0 Å². The molecule has 4 heteroatoms. The molecule has 2 aromatic rings. The van der Waals surface area contributed by atoms with Crippen LogP contribution in [0.1, 0.15) is 148 Å². The zero-order valence-electron chi connectivity index (χ0n) is 33.5.